The minimum atomic E-state index is -1.26. The number of rotatable bonds is 6. The number of aliphatic hydroxyl groups is 1. The van der Waals surface area contributed by atoms with Gasteiger partial charge in [-0.15, -0.1) is 13.2 Å². The zero-order valence-electron chi connectivity index (χ0n) is 11.3. The molecule has 0 spiro atoms. The fourth-order valence-corrected chi connectivity index (χ4v) is 2.29. The summed E-state index contributed by atoms with van der Waals surface area (Å²) in [5.41, 5.74) is -1.26. The number of ketones is 1. The van der Waals surface area contributed by atoms with Crippen LogP contribution >= 0.6 is 0 Å². The first-order valence-electron chi connectivity index (χ1n) is 6.32. The van der Waals surface area contributed by atoms with Gasteiger partial charge in [0, 0.05) is 19.6 Å². The predicted molar refractivity (Wildman–Crippen MR) is 74.3 cm³/mol. The zero-order chi connectivity index (χ0) is 13.8. The molecule has 1 aliphatic carbocycles. The third kappa shape index (κ3) is 3.18. The Morgan fingerprint density at radius 3 is 2.50 bits per heavy atom. The normalized spacial score (nSPS) is 31.7. The molecule has 0 aliphatic heterocycles. The number of nitrogens with zero attached hydrogens (tertiary/aromatic N) is 1. The van der Waals surface area contributed by atoms with Crippen LogP contribution in [0.2, 0.25) is 0 Å². The van der Waals surface area contributed by atoms with Gasteiger partial charge in [-0.3, -0.25) is 9.69 Å². The first-order valence-corrected chi connectivity index (χ1v) is 6.32. The van der Waals surface area contributed by atoms with E-state index in [4.69, 9.17) is 0 Å². The summed E-state index contributed by atoms with van der Waals surface area (Å²) >= 11 is 0. The lowest BCUT2D eigenvalue weighted by atomic mass is 9.73. The van der Waals surface area contributed by atoms with Crippen LogP contribution in [0.5, 0.6) is 0 Å². The monoisotopic (exact) mass is 249 g/mol. The van der Waals surface area contributed by atoms with Gasteiger partial charge < -0.3 is 5.11 Å². The molecule has 0 saturated heterocycles. The van der Waals surface area contributed by atoms with Gasteiger partial charge in [0.25, 0.3) is 0 Å². The second-order valence-corrected chi connectivity index (χ2v) is 5.12. The molecule has 18 heavy (non-hydrogen) atoms. The van der Waals surface area contributed by atoms with E-state index in [-0.39, 0.29) is 17.6 Å². The first-order chi connectivity index (χ1) is 8.43. The molecule has 1 rings (SSSR count). The molecule has 0 bridgehead atoms. The SMILES string of the molecule is C=CCN(CC=C)CC1C=CC(=O)C(C)(O)C1C. The molecular weight excluding hydrogens is 226 g/mol. The summed E-state index contributed by atoms with van der Waals surface area (Å²) in [6.07, 6.45) is 7.11. The van der Waals surface area contributed by atoms with E-state index in [0.29, 0.717) is 0 Å². The smallest absolute Gasteiger partial charge is 0.186 e. The largest absolute Gasteiger partial charge is 0.382 e. The third-order valence-electron chi connectivity index (χ3n) is 3.77. The second kappa shape index (κ2) is 6.12. The molecule has 0 radical (unpaired) electrons. The predicted octanol–water partition coefficient (Wildman–Crippen LogP) is 1.80. The standard InChI is InChI=1S/C15H23NO2/c1-5-9-16(10-6-2)11-13-7-8-14(17)15(4,18)12(13)3/h5-8,12-13,18H,1-2,9-11H2,3-4H3. The molecule has 100 valence electrons. The van der Waals surface area contributed by atoms with Gasteiger partial charge in [-0.25, -0.2) is 0 Å². The van der Waals surface area contributed by atoms with Gasteiger partial charge in [-0.1, -0.05) is 25.2 Å². The second-order valence-electron chi connectivity index (χ2n) is 5.12. The highest BCUT2D eigenvalue weighted by Crippen LogP contribution is 2.31. The number of carbonyl (C=O) groups is 1. The Balaban J connectivity index is 2.77. The Kier molecular flexibility index (Phi) is 5.05. The van der Waals surface area contributed by atoms with Crippen molar-refractivity contribution in [3.8, 4) is 0 Å². The van der Waals surface area contributed by atoms with Crippen LogP contribution in [0.4, 0.5) is 0 Å². The van der Waals surface area contributed by atoms with Gasteiger partial charge in [0.2, 0.25) is 0 Å². The maximum atomic E-state index is 11.6. The quantitative estimate of drug-likeness (QED) is 0.730. The molecule has 0 heterocycles. The van der Waals surface area contributed by atoms with Crippen molar-refractivity contribution in [3.63, 3.8) is 0 Å². The topological polar surface area (TPSA) is 40.5 Å². The van der Waals surface area contributed by atoms with Crippen LogP contribution in [0.25, 0.3) is 0 Å². The molecule has 0 aromatic heterocycles. The maximum Gasteiger partial charge on any atom is 0.186 e. The van der Waals surface area contributed by atoms with Crippen LogP contribution in [0, 0.1) is 11.8 Å². The fraction of sp³-hybridized carbons (Fsp3) is 0.533. The van der Waals surface area contributed by atoms with E-state index < -0.39 is 5.60 Å². The summed E-state index contributed by atoms with van der Waals surface area (Å²) < 4.78 is 0. The molecule has 3 atom stereocenters. The number of hydrogen-bond donors (Lipinski definition) is 1. The van der Waals surface area contributed by atoms with Crippen molar-refractivity contribution in [1.82, 2.24) is 4.90 Å². The van der Waals surface area contributed by atoms with Crippen LogP contribution in [0.1, 0.15) is 13.8 Å². The number of carbonyl (C=O) groups excluding carboxylic acids is 1. The summed E-state index contributed by atoms with van der Waals surface area (Å²) in [7, 11) is 0. The van der Waals surface area contributed by atoms with Gasteiger partial charge in [0.05, 0.1) is 0 Å². The average molecular weight is 249 g/mol. The van der Waals surface area contributed by atoms with Crippen LogP contribution in [-0.4, -0.2) is 41.0 Å². The van der Waals surface area contributed by atoms with Gasteiger partial charge in [-0.05, 0) is 24.8 Å². The molecule has 3 heteroatoms. The first kappa shape index (κ1) is 14.9. The van der Waals surface area contributed by atoms with Gasteiger partial charge in [0.15, 0.2) is 5.78 Å². The Hall–Kier alpha value is -1.19. The molecule has 1 aliphatic rings. The Morgan fingerprint density at radius 1 is 1.44 bits per heavy atom. The Bertz CT molecular complexity index is 348. The Labute approximate surface area is 109 Å². The summed E-state index contributed by atoms with van der Waals surface area (Å²) in [5, 5.41) is 10.2. The van der Waals surface area contributed by atoms with Crippen molar-refractivity contribution in [2.24, 2.45) is 11.8 Å². The minimum absolute atomic E-state index is 0.0906. The van der Waals surface area contributed by atoms with Crippen molar-refractivity contribution in [2.75, 3.05) is 19.6 Å². The molecular formula is C15H23NO2. The molecule has 0 fully saturated rings. The summed E-state index contributed by atoms with van der Waals surface area (Å²) in [6.45, 7) is 13.3. The molecule has 0 aromatic carbocycles. The van der Waals surface area contributed by atoms with E-state index in [1.807, 2.05) is 25.2 Å². The van der Waals surface area contributed by atoms with Crippen molar-refractivity contribution in [3.05, 3.63) is 37.5 Å². The van der Waals surface area contributed by atoms with E-state index >= 15 is 0 Å². The van der Waals surface area contributed by atoms with Crippen LogP contribution in [0.15, 0.2) is 37.5 Å². The fourth-order valence-electron chi connectivity index (χ4n) is 2.29. The van der Waals surface area contributed by atoms with Crippen molar-refractivity contribution < 1.29 is 9.90 Å². The zero-order valence-corrected chi connectivity index (χ0v) is 11.3. The highest BCUT2D eigenvalue weighted by Gasteiger charge is 2.41. The van der Waals surface area contributed by atoms with E-state index in [1.54, 1.807) is 6.92 Å². The van der Waals surface area contributed by atoms with Gasteiger partial charge >= 0.3 is 0 Å². The summed E-state index contributed by atoms with van der Waals surface area (Å²) in [6, 6.07) is 0. The van der Waals surface area contributed by atoms with Crippen molar-refractivity contribution in [1.29, 1.82) is 0 Å². The lowest BCUT2D eigenvalue weighted by Crippen LogP contribution is -2.48. The van der Waals surface area contributed by atoms with Crippen LogP contribution in [0.3, 0.4) is 0 Å². The highest BCUT2D eigenvalue weighted by atomic mass is 16.3. The van der Waals surface area contributed by atoms with Gasteiger partial charge in [-0.2, -0.15) is 0 Å². The molecule has 1 N–H and O–H groups in total. The van der Waals surface area contributed by atoms with Gasteiger partial charge in [0.1, 0.15) is 5.60 Å². The highest BCUT2D eigenvalue weighted by molar-refractivity contribution is 5.97. The third-order valence-corrected chi connectivity index (χ3v) is 3.77. The lowest BCUT2D eigenvalue weighted by Gasteiger charge is -2.38. The van der Waals surface area contributed by atoms with Crippen molar-refractivity contribution in [2.45, 2.75) is 19.4 Å². The summed E-state index contributed by atoms with van der Waals surface area (Å²) in [5.74, 6) is -0.130. The minimum Gasteiger partial charge on any atom is -0.382 e. The van der Waals surface area contributed by atoms with E-state index in [2.05, 4.69) is 18.1 Å². The molecule has 0 aromatic rings. The van der Waals surface area contributed by atoms with E-state index in [0.717, 1.165) is 19.6 Å². The Morgan fingerprint density at radius 2 is 2.00 bits per heavy atom. The molecule has 3 nitrogen and oxygen atoms in total. The molecule has 0 saturated carbocycles. The maximum absolute atomic E-state index is 11.6. The number of hydrogen-bond acceptors (Lipinski definition) is 3. The van der Waals surface area contributed by atoms with E-state index in [9.17, 15) is 9.90 Å². The van der Waals surface area contributed by atoms with Crippen LogP contribution < -0.4 is 0 Å². The molecule has 3 unspecified atom stereocenters. The lowest BCUT2D eigenvalue weighted by molar-refractivity contribution is -0.138. The molecule has 0 amide bonds. The average Bonchev–Trinajstić information content (AvgIpc) is 2.31. The summed E-state index contributed by atoms with van der Waals surface area (Å²) in [4.78, 5) is 13.8. The van der Waals surface area contributed by atoms with E-state index in [1.165, 1.54) is 6.08 Å². The van der Waals surface area contributed by atoms with Crippen molar-refractivity contribution >= 4 is 5.78 Å². The van der Waals surface area contributed by atoms with Crippen LogP contribution in [-0.2, 0) is 4.79 Å².